The maximum Gasteiger partial charge on any atom is 0.220 e. The zero-order valence-electron chi connectivity index (χ0n) is 16.8. The molecule has 29 heavy (non-hydrogen) atoms. The van der Waals surface area contributed by atoms with Gasteiger partial charge in [-0.1, -0.05) is 0 Å². The van der Waals surface area contributed by atoms with Crippen molar-refractivity contribution in [3.63, 3.8) is 0 Å². The third kappa shape index (κ3) is 4.60. The number of rotatable bonds is 7. The summed E-state index contributed by atoms with van der Waals surface area (Å²) in [5.41, 5.74) is 10.1. The topological polar surface area (TPSA) is 96.2 Å². The average molecular weight is 393 g/mol. The van der Waals surface area contributed by atoms with Crippen LogP contribution in [-0.2, 0) is 11.2 Å². The molecular formula is C21H27N7O. The highest BCUT2D eigenvalue weighted by Gasteiger charge is 2.29. The fourth-order valence-electron chi connectivity index (χ4n) is 3.86. The fraction of sp³-hybridized carbons (Fsp3) is 0.429. The van der Waals surface area contributed by atoms with Gasteiger partial charge >= 0.3 is 0 Å². The maximum atomic E-state index is 12.2. The Morgan fingerprint density at radius 1 is 1.17 bits per heavy atom. The van der Waals surface area contributed by atoms with E-state index in [1.165, 1.54) is 0 Å². The largest absolute Gasteiger partial charge is 0.356 e. The van der Waals surface area contributed by atoms with Gasteiger partial charge in [0.05, 0.1) is 11.4 Å². The van der Waals surface area contributed by atoms with E-state index in [9.17, 15) is 4.79 Å². The first-order chi connectivity index (χ1) is 14.1. The Kier molecular flexibility index (Phi) is 5.82. The zero-order chi connectivity index (χ0) is 20.2. The van der Waals surface area contributed by atoms with Crippen LogP contribution in [0.15, 0.2) is 42.9 Å². The van der Waals surface area contributed by atoms with E-state index in [0.29, 0.717) is 37.4 Å². The molecule has 3 N–H and O–H groups in total. The number of carbonyl (C=O) groups is 1. The highest BCUT2D eigenvalue weighted by Crippen LogP contribution is 2.20. The fourth-order valence-corrected chi connectivity index (χ4v) is 3.86. The SMILES string of the molecule is CC1NNC(C)C1CCC(=O)NCCc1cc2nc(-c3ccncc3)ccn2n1. The molecular weight excluding hydrogens is 366 g/mol. The molecule has 3 aromatic rings. The van der Waals surface area contributed by atoms with E-state index in [0.717, 1.165) is 29.0 Å². The second-order valence-corrected chi connectivity index (χ2v) is 7.66. The molecule has 4 rings (SSSR count). The Hall–Kier alpha value is -2.84. The minimum Gasteiger partial charge on any atom is -0.356 e. The van der Waals surface area contributed by atoms with Gasteiger partial charge in [-0.05, 0) is 44.4 Å². The molecule has 0 radical (unpaired) electrons. The van der Waals surface area contributed by atoms with Gasteiger partial charge in [0, 0.05) is 61.7 Å². The average Bonchev–Trinajstić information content (AvgIpc) is 3.28. The van der Waals surface area contributed by atoms with E-state index in [1.807, 2.05) is 30.5 Å². The summed E-state index contributed by atoms with van der Waals surface area (Å²) in [6.45, 7) is 4.87. The Morgan fingerprint density at radius 2 is 1.93 bits per heavy atom. The normalized spacial score (nSPS) is 21.5. The highest BCUT2D eigenvalue weighted by molar-refractivity contribution is 5.75. The lowest BCUT2D eigenvalue weighted by molar-refractivity contribution is -0.121. The quantitative estimate of drug-likeness (QED) is 0.566. The van der Waals surface area contributed by atoms with Gasteiger partial charge in [-0.15, -0.1) is 0 Å². The molecule has 152 valence electrons. The van der Waals surface area contributed by atoms with Crippen molar-refractivity contribution in [1.82, 2.24) is 35.8 Å². The summed E-state index contributed by atoms with van der Waals surface area (Å²) in [5, 5.41) is 7.56. The molecule has 8 heteroatoms. The molecule has 0 spiro atoms. The molecule has 0 aliphatic carbocycles. The number of amides is 1. The van der Waals surface area contributed by atoms with Crippen LogP contribution < -0.4 is 16.2 Å². The predicted octanol–water partition coefficient (Wildman–Crippen LogP) is 1.73. The Morgan fingerprint density at radius 3 is 2.69 bits per heavy atom. The molecule has 2 atom stereocenters. The van der Waals surface area contributed by atoms with Gasteiger partial charge in [-0.2, -0.15) is 5.10 Å². The zero-order valence-corrected chi connectivity index (χ0v) is 16.8. The van der Waals surface area contributed by atoms with E-state index < -0.39 is 0 Å². The summed E-state index contributed by atoms with van der Waals surface area (Å²) in [6.07, 6.45) is 7.53. The summed E-state index contributed by atoms with van der Waals surface area (Å²) in [6, 6.07) is 8.56. The van der Waals surface area contributed by atoms with Crippen LogP contribution in [0.3, 0.4) is 0 Å². The Labute approximate surface area is 170 Å². The van der Waals surface area contributed by atoms with Crippen molar-refractivity contribution in [2.24, 2.45) is 5.92 Å². The number of nitrogens with zero attached hydrogens (tertiary/aromatic N) is 4. The smallest absolute Gasteiger partial charge is 0.220 e. The number of hydrogen-bond donors (Lipinski definition) is 3. The number of carbonyl (C=O) groups excluding carboxylic acids is 1. The van der Waals surface area contributed by atoms with Crippen LogP contribution in [0.1, 0.15) is 32.4 Å². The summed E-state index contributed by atoms with van der Waals surface area (Å²) in [4.78, 5) is 20.9. The van der Waals surface area contributed by atoms with E-state index in [4.69, 9.17) is 0 Å². The molecule has 0 saturated carbocycles. The molecule has 0 bridgehead atoms. The minimum atomic E-state index is 0.0955. The van der Waals surface area contributed by atoms with Crippen LogP contribution in [0, 0.1) is 5.92 Å². The van der Waals surface area contributed by atoms with Crippen molar-refractivity contribution < 1.29 is 4.79 Å². The molecule has 2 unspecified atom stereocenters. The van der Waals surface area contributed by atoms with Crippen molar-refractivity contribution >= 4 is 11.6 Å². The molecule has 1 saturated heterocycles. The summed E-state index contributed by atoms with van der Waals surface area (Å²) in [5.74, 6) is 0.568. The van der Waals surface area contributed by atoms with Crippen LogP contribution in [0.25, 0.3) is 16.9 Å². The first-order valence-electron chi connectivity index (χ1n) is 10.1. The molecule has 1 amide bonds. The van der Waals surface area contributed by atoms with E-state index in [-0.39, 0.29) is 5.91 Å². The van der Waals surface area contributed by atoms with Crippen molar-refractivity contribution in [2.75, 3.05) is 6.54 Å². The van der Waals surface area contributed by atoms with Crippen molar-refractivity contribution in [3.05, 3.63) is 48.5 Å². The molecule has 3 aromatic heterocycles. The monoisotopic (exact) mass is 393 g/mol. The molecule has 0 aromatic carbocycles. The standard InChI is InChI=1S/C21H27N7O/c1-14-18(15(2)26-25-14)3-4-21(29)23-11-7-17-13-20-24-19(8-12-28(20)27-17)16-5-9-22-10-6-16/h5-6,8-10,12-15,18,25-26H,3-4,7,11H2,1-2H3,(H,23,29). The summed E-state index contributed by atoms with van der Waals surface area (Å²) in [7, 11) is 0. The van der Waals surface area contributed by atoms with E-state index in [2.05, 4.69) is 45.1 Å². The summed E-state index contributed by atoms with van der Waals surface area (Å²) >= 11 is 0. The lowest BCUT2D eigenvalue weighted by Gasteiger charge is -2.17. The molecule has 1 aliphatic rings. The molecule has 1 aliphatic heterocycles. The second-order valence-electron chi connectivity index (χ2n) is 7.66. The minimum absolute atomic E-state index is 0.0955. The molecule has 4 heterocycles. The number of aromatic nitrogens is 4. The van der Waals surface area contributed by atoms with Crippen molar-refractivity contribution in [2.45, 2.75) is 45.2 Å². The van der Waals surface area contributed by atoms with Crippen LogP contribution in [0.4, 0.5) is 0 Å². The second kappa shape index (κ2) is 8.67. The van der Waals surface area contributed by atoms with Gasteiger partial charge in [-0.3, -0.25) is 20.6 Å². The van der Waals surface area contributed by atoms with E-state index in [1.54, 1.807) is 16.9 Å². The number of hydrogen-bond acceptors (Lipinski definition) is 6. The van der Waals surface area contributed by atoms with Crippen LogP contribution in [0.2, 0.25) is 0 Å². The first-order valence-corrected chi connectivity index (χ1v) is 10.1. The Balaban J connectivity index is 1.29. The van der Waals surface area contributed by atoms with Crippen LogP contribution in [0.5, 0.6) is 0 Å². The predicted molar refractivity (Wildman–Crippen MR) is 111 cm³/mol. The molecule has 8 nitrogen and oxygen atoms in total. The molecule has 1 fully saturated rings. The third-order valence-corrected chi connectivity index (χ3v) is 5.58. The van der Waals surface area contributed by atoms with Gasteiger partial charge in [0.15, 0.2) is 5.65 Å². The van der Waals surface area contributed by atoms with Crippen molar-refractivity contribution in [1.29, 1.82) is 0 Å². The third-order valence-electron chi connectivity index (χ3n) is 5.58. The highest BCUT2D eigenvalue weighted by atomic mass is 16.1. The van der Waals surface area contributed by atoms with Gasteiger partial charge in [-0.25, -0.2) is 9.50 Å². The van der Waals surface area contributed by atoms with Crippen LogP contribution >= 0.6 is 0 Å². The van der Waals surface area contributed by atoms with Crippen molar-refractivity contribution in [3.8, 4) is 11.3 Å². The summed E-state index contributed by atoms with van der Waals surface area (Å²) < 4.78 is 1.77. The van der Waals surface area contributed by atoms with Gasteiger partial charge in [0.2, 0.25) is 5.91 Å². The number of pyridine rings is 1. The lowest BCUT2D eigenvalue weighted by Crippen LogP contribution is -2.30. The van der Waals surface area contributed by atoms with Crippen LogP contribution in [-0.4, -0.2) is 44.1 Å². The van der Waals surface area contributed by atoms with E-state index >= 15 is 0 Å². The number of fused-ring (bicyclic) bond motifs is 1. The number of hydrazine groups is 1. The lowest BCUT2D eigenvalue weighted by atomic mass is 9.91. The van der Waals surface area contributed by atoms with Gasteiger partial charge in [0.1, 0.15) is 0 Å². The van der Waals surface area contributed by atoms with Gasteiger partial charge < -0.3 is 5.32 Å². The first kappa shape index (κ1) is 19.5. The number of nitrogens with one attached hydrogen (secondary N) is 3. The maximum absolute atomic E-state index is 12.2. The van der Waals surface area contributed by atoms with Gasteiger partial charge in [0.25, 0.3) is 0 Å². The Bertz CT molecular complexity index is 962.